The van der Waals surface area contributed by atoms with E-state index in [2.05, 4.69) is 10.2 Å². The van der Waals surface area contributed by atoms with Gasteiger partial charge in [-0.25, -0.2) is 8.42 Å². The molecule has 10 heteroatoms. The second-order valence-corrected chi connectivity index (χ2v) is 10.2. The minimum absolute atomic E-state index is 0.0121. The Labute approximate surface area is 193 Å². The van der Waals surface area contributed by atoms with E-state index in [1.54, 1.807) is 41.3 Å². The molecule has 1 amide bonds. The van der Waals surface area contributed by atoms with Crippen LogP contribution in [0.5, 0.6) is 0 Å². The fraction of sp³-hybridized carbons (Fsp3) is 0.435. The summed E-state index contributed by atoms with van der Waals surface area (Å²) in [6.07, 6.45) is 3.26. The number of nitrogens with zero attached hydrogens (tertiary/aromatic N) is 4. The lowest BCUT2D eigenvalue weighted by Crippen LogP contribution is -2.44. The van der Waals surface area contributed by atoms with Crippen LogP contribution < -0.4 is 0 Å². The number of furan rings is 1. The Morgan fingerprint density at radius 3 is 2.52 bits per heavy atom. The molecule has 3 heterocycles. The maximum atomic E-state index is 13.2. The second-order valence-electron chi connectivity index (χ2n) is 8.23. The van der Waals surface area contributed by atoms with E-state index >= 15 is 0 Å². The molecule has 0 spiro atoms. The molecule has 9 nitrogen and oxygen atoms in total. The molecule has 1 aliphatic heterocycles. The van der Waals surface area contributed by atoms with Crippen LogP contribution in [-0.2, 0) is 21.4 Å². The molecule has 0 N–H and O–H groups in total. The highest BCUT2D eigenvalue weighted by atomic mass is 32.2. The number of aromatic nitrogens is 2. The summed E-state index contributed by atoms with van der Waals surface area (Å²) < 4.78 is 38.3. The van der Waals surface area contributed by atoms with Gasteiger partial charge in [0.15, 0.2) is 5.76 Å². The van der Waals surface area contributed by atoms with Crippen LogP contribution in [-0.4, -0.2) is 53.4 Å². The molecule has 1 fully saturated rings. The molecular weight excluding hydrogens is 444 g/mol. The first-order valence-electron chi connectivity index (χ1n) is 11.1. The molecule has 0 atom stereocenters. The largest absolute Gasteiger partial charge is 0.459 e. The number of amides is 1. The van der Waals surface area contributed by atoms with Gasteiger partial charge < -0.3 is 13.7 Å². The zero-order chi connectivity index (χ0) is 23.4. The number of sulfonamides is 1. The van der Waals surface area contributed by atoms with Crippen LogP contribution in [0.15, 0.2) is 56.4 Å². The third-order valence-corrected chi connectivity index (χ3v) is 7.70. The van der Waals surface area contributed by atoms with E-state index in [-0.39, 0.29) is 29.2 Å². The Morgan fingerprint density at radius 2 is 1.88 bits per heavy atom. The molecule has 4 rings (SSSR count). The van der Waals surface area contributed by atoms with Gasteiger partial charge >= 0.3 is 0 Å². The molecule has 1 aliphatic rings. The lowest BCUT2D eigenvalue weighted by molar-refractivity contribution is -0.137. The molecule has 33 heavy (non-hydrogen) atoms. The van der Waals surface area contributed by atoms with Crippen LogP contribution in [0.2, 0.25) is 0 Å². The third kappa shape index (κ3) is 5.17. The fourth-order valence-electron chi connectivity index (χ4n) is 3.98. The van der Waals surface area contributed by atoms with E-state index in [9.17, 15) is 13.2 Å². The van der Waals surface area contributed by atoms with Crippen LogP contribution >= 0.6 is 0 Å². The molecule has 1 aromatic carbocycles. The van der Waals surface area contributed by atoms with Crippen LogP contribution in [0, 0.1) is 12.8 Å². The van der Waals surface area contributed by atoms with Crippen LogP contribution in [0.25, 0.3) is 11.7 Å². The highest BCUT2D eigenvalue weighted by molar-refractivity contribution is 7.89. The first kappa shape index (κ1) is 23.2. The topological polar surface area (TPSA) is 110 Å². The van der Waals surface area contributed by atoms with Crippen molar-refractivity contribution in [3.8, 4) is 11.7 Å². The first-order chi connectivity index (χ1) is 15.9. The molecule has 0 saturated carbocycles. The zero-order valence-corrected chi connectivity index (χ0v) is 19.6. The summed E-state index contributed by atoms with van der Waals surface area (Å²) in [5.41, 5.74) is 1.01. The monoisotopic (exact) mass is 472 g/mol. The van der Waals surface area contributed by atoms with Gasteiger partial charge in [0.1, 0.15) is 0 Å². The van der Waals surface area contributed by atoms with Gasteiger partial charge in [-0.15, -0.1) is 10.2 Å². The highest BCUT2D eigenvalue weighted by Crippen LogP contribution is 2.26. The van der Waals surface area contributed by atoms with E-state index < -0.39 is 10.0 Å². The van der Waals surface area contributed by atoms with Crippen LogP contribution in [0.3, 0.4) is 0 Å². The SMILES string of the molecule is CCCN(Cc1nnc(-c2ccco2)o1)C(=O)C1CCN(S(=O)(=O)c2ccc(C)cc2)CC1. The van der Waals surface area contributed by atoms with Crippen molar-refractivity contribution in [2.45, 2.75) is 44.6 Å². The molecule has 0 bridgehead atoms. The van der Waals surface area contributed by atoms with E-state index in [0.29, 0.717) is 44.1 Å². The summed E-state index contributed by atoms with van der Waals surface area (Å²) >= 11 is 0. The molecule has 3 aromatic rings. The Hall–Kier alpha value is -2.98. The van der Waals surface area contributed by atoms with Crippen molar-refractivity contribution in [3.63, 3.8) is 0 Å². The summed E-state index contributed by atoms with van der Waals surface area (Å²) in [6, 6.07) is 10.3. The molecule has 0 radical (unpaired) electrons. The number of hydrogen-bond acceptors (Lipinski definition) is 7. The van der Waals surface area contributed by atoms with Gasteiger partial charge in [-0.3, -0.25) is 4.79 Å². The Bertz CT molecular complexity index is 1160. The fourth-order valence-corrected chi connectivity index (χ4v) is 5.45. The lowest BCUT2D eigenvalue weighted by Gasteiger charge is -2.33. The number of aryl methyl sites for hydroxylation is 1. The van der Waals surface area contributed by atoms with Crippen molar-refractivity contribution >= 4 is 15.9 Å². The maximum Gasteiger partial charge on any atom is 0.283 e. The molecule has 176 valence electrons. The molecule has 2 aromatic heterocycles. The van der Waals surface area contributed by atoms with Gasteiger partial charge in [-0.2, -0.15) is 4.31 Å². The van der Waals surface area contributed by atoms with E-state index in [4.69, 9.17) is 8.83 Å². The predicted octanol–water partition coefficient (Wildman–Crippen LogP) is 3.48. The minimum Gasteiger partial charge on any atom is -0.459 e. The second kappa shape index (κ2) is 9.88. The number of rotatable bonds is 8. The Kier molecular flexibility index (Phi) is 6.94. The molecule has 1 saturated heterocycles. The predicted molar refractivity (Wildman–Crippen MR) is 120 cm³/mol. The highest BCUT2D eigenvalue weighted by Gasteiger charge is 2.34. The average molecular weight is 473 g/mol. The standard InChI is InChI=1S/C23H28N4O5S/c1-3-12-26(16-21-24-25-22(32-21)20-5-4-15-31-20)23(28)18-10-13-27(14-11-18)33(29,30)19-8-6-17(2)7-9-19/h4-9,15,18H,3,10-14,16H2,1-2H3. The summed E-state index contributed by atoms with van der Waals surface area (Å²) in [5, 5.41) is 8.04. The number of piperidine rings is 1. The number of carbonyl (C=O) groups is 1. The van der Waals surface area contributed by atoms with E-state index in [0.717, 1.165) is 12.0 Å². The zero-order valence-electron chi connectivity index (χ0n) is 18.8. The normalized spacial score (nSPS) is 15.6. The van der Waals surface area contributed by atoms with Gasteiger partial charge in [0.2, 0.25) is 21.8 Å². The van der Waals surface area contributed by atoms with Gasteiger partial charge in [0.25, 0.3) is 5.89 Å². The van der Waals surface area contributed by atoms with E-state index in [1.165, 1.54) is 10.6 Å². The summed E-state index contributed by atoms with van der Waals surface area (Å²) in [5.74, 6) is 0.829. The molecule has 0 unspecified atom stereocenters. The van der Waals surface area contributed by atoms with Crippen molar-refractivity contribution in [2.75, 3.05) is 19.6 Å². The van der Waals surface area contributed by atoms with Crippen molar-refractivity contribution in [2.24, 2.45) is 5.92 Å². The molecular formula is C23H28N4O5S. The summed E-state index contributed by atoms with van der Waals surface area (Å²) in [6.45, 7) is 5.31. The summed E-state index contributed by atoms with van der Waals surface area (Å²) in [7, 11) is -3.56. The maximum absolute atomic E-state index is 13.2. The minimum atomic E-state index is -3.56. The molecule has 0 aliphatic carbocycles. The first-order valence-corrected chi connectivity index (χ1v) is 12.5. The summed E-state index contributed by atoms with van der Waals surface area (Å²) in [4.78, 5) is 15.2. The van der Waals surface area contributed by atoms with Crippen LogP contribution in [0.1, 0.15) is 37.6 Å². The Balaban J connectivity index is 1.39. The average Bonchev–Trinajstić information content (AvgIpc) is 3.51. The lowest BCUT2D eigenvalue weighted by atomic mass is 9.96. The smallest absolute Gasteiger partial charge is 0.283 e. The van der Waals surface area contributed by atoms with Crippen molar-refractivity contribution in [3.05, 3.63) is 54.1 Å². The quantitative estimate of drug-likeness (QED) is 0.494. The van der Waals surface area contributed by atoms with Crippen molar-refractivity contribution in [1.82, 2.24) is 19.4 Å². The van der Waals surface area contributed by atoms with E-state index in [1.807, 2.05) is 13.8 Å². The number of benzene rings is 1. The van der Waals surface area contributed by atoms with Crippen molar-refractivity contribution < 1.29 is 22.0 Å². The van der Waals surface area contributed by atoms with Gasteiger partial charge in [-0.05, 0) is 50.5 Å². The Morgan fingerprint density at radius 1 is 1.15 bits per heavy atom. The van der Waals surface area contributed by atoms with Crippen LogP contribution in [0.4, 0.5) is 0 Å². The van der Waals surface area contributed by atoms with Crippen molar-refractivity contribution in [1.29, 1.82) is 0 Å². The number of carbonyl (C=O) groups excluding carboxylic acids is 1. The van der Waals surface area contributed by atoms with Gasteiger partial charge in [-0.1, -0.05) is 24.6 Å². The third-order valence-electron chi connectivity index (χ3n) is 5.79. The van der Waals surface area contributed by atoms with Gasteiger partial charge in [0, 0.05) is 25.6 Å². The number of hydrogen-bond donors (Lipinski definition) is 0. The van der Waals surface area contributed by atoms with Gasteiger partial charge in [0.05, 0.1) is 17.7 Å².